The molecule has 0 aliphatic heterocycles. The van der Waals surface area contributed by atoms with Crippen molar-refractivity contribution >= 4 is 5.78 Å². The van der Waals surface area contributed by atoms with Crippen molar-refractivity contribution in [3.63, 3.8) is 0 Å². The Balaban J connectivity index is 2.34. The Bertz CT molecular complexity index is 189. The summed E-state index contributed by atoms with van der Waals surface area (Å²) in [6.07, 6.45) is 3.33. The first kappa shape index (κ1) is 11.7. The topological polar surface area (TPSA) is 26.3 Å². The van der Waals surface area contributed by atoms with E-state index in [0.29, 0.717) is 24.9 Å². The lowest BCUT2D eigenvalue weighted by Crippen LogP contribution is -2.28. The van der Waals surface area contributed by atoms with E-state index in [1.807, 2.05) is 6.92 Å². The van der Waals surface area contributed by atoms with E-state index in [-0.39, 0.29) is 5.92 Å². The zero-order chi connectivity index (χ0) is 10.6. The fourth-order valence-electron chi connectivity index (χ4n) is 2.16. The van der Waals surface area contributed by atoms with E-state index in [1.54, 1.807) is 0 Å². The highest BCUT2D eigenvalue weighted by atomic mass is 16.5. The van der Waals surface area contributed by atoms with Gasteiger partial charge in [0.25, 0.3) is 0 Å². The fraction of sp³-hybridized carbons (Fsp3) is 0.917. The van der Waals surface area contributed by atoms with Crippen LogP contribution in [0.15, 0.2) is 0 Å². The van der Waals surface area contributed by atoms with Crippen LogP contribution in [0, 0.1) is 17.8 Å². The Kier molecular flexibility index (Phi) is 4.59. The molecule has 0 radical (unpaired) electrons. The lowest BCUT2D eigenvalue weighted by atomic mass is 9.74. The normalized spacial score (nSPS) is 32.9. The van der Waals surface area contributed by atoms with Crippen LogP contribution in [-0.4, -0.2) is 19.0 Å². The van der Waals surface area contributed by atoms with Gasteiger partial charge in [0, 0.05) is 12.5 Å². The van der Waals surface area contributed by atoms with Crippen LogP contribution in [0.1, 0.15) is 40.0 Å². The fourth-order valence-corrected chi connectivity index (χ4v) is 2.16. The first-order chi connectivity index (χ1) is 6.65. The van der Waals surface area contributed by atoms with Gasteiger partial charge in [-0.2, -0.15) is 0 Å². The molecule has 2 heteroatoms. The summed E-state index contributed by atoms with van der Waals surface area (Å²) in [5.74, 6) is 2.06. The predicted molar refractivity (Wildman–Crippen MR) is 57.2 cm³/mol. The van der Waals surface area contributed by atoms with Crippen LogP contribution < -0.4 is 0 Å². The number of carbonyl (C=O) groups is 1. The zero-order valence-corrected chi connectivity index (χ0v) is 9.58. The Morgan fingerprint density at radius 3 is 2.57 bits per heavy atom. The van der Waals surface area contributed by atoms with Crippen LogP contribution in [0.3, 0.4) is 0 Å². The molecule has 2 nitrogen and oxygen atoms in total. The van der Waals surface area contributed by atoms with Gasteiger partial charge < -0.3 is 4.74 Å². The molecule has 1 saturated carbocycles. The second kappa shape index (κ2) is 5.50. The number of hydrogen-bond donors (Lipinski definition) is 0. The van der Waals surface area contributed by atoms with Gasteiger partial charge in [-0.3, -0.25) is 4.79 Å². The minimum atomic E-state index is 0.271. The van der Waals surface area contributed by atoms with Crippen molar-refractivity contribution in [2.24, 2.45) is 17.8 Å². The first-order valence-electron chi connectivity index (χ1n) is 5.75. The van der Waals surface area contributed by atoms with E-state index >= 15 is 0 Å². The predicted octanol–water partition coefficient (Wildman–Crippen LogP) is 2.66. The van der Waals surface area contributed by atoms with Gasteiger partial charge in [0.05, 0.1) is 0 Å². The van der Waals surface area contributed by atoms with Crippen molar-refractivity contribution < 1.29 is 9.53 Å². The van der Waals surface area contributed by atoms with Crippen molar-refractivity contribution in [3.8, 4) is 0 Å². The maximum atomic E-state index is 11.7. The molecular formula is C12H22O2. The average molecular weight is 198 g/mol. The maximum Gasteiger partial charge on any atom is 0.161 e. The molecule has 1 aliphatic carbocycles. The molecule has 1 rings (SSSR count). The van der Waals surface area contributed by atoms with Crippen LogP contribution in [0.25, 0.3) is 0 Å². The molecule has 0 aromatic carbocycles. The summed E-state index contributed by atoms with van der Waals surface area (Å²) in [5, 5.41) is 0. The summed E-state index contributed by atoms with van der Waals surface area (Å²) in [6.45, 7) is 7.43. The molecule has 0 aromatic rings. The molecule has 0 saturated heterocycles. The van der Waals surface area contributed by atoms with Crippen LogP contribution in [0.4, 0.5) is 0 Å². The third-order valence-electron chi connectivity index (χ3n) is 3.50. The maximum absolute atomic E-state index is 11.7. The van der Waals surface area contributed by atoms with Gasteiger partial charge in [0.15, 0.2) is 5.78 Å². The quantitative estimate of drug-likeness (QED) is 0.694. The van der Waals surface area contributed by atoms with Gasteiger partial charge in [-0.05, 0) is 38.0 Å². The van der Waals surface area contributed by atoms with Crippen LogP contribution in [0.2, 0.25) is 0 Å². The Labute approximate surface area is 87.0 Å². The number of rotatable bonds is 4. The molecule has 82 valence electrons. The molecule has 0 bridgehead atoms. The van der Waals surface area contributed by atoms with E-state index < -0.39 is 0 Å². The molecule has 3 atom stereocenters. The standard InChI is InChI=1S/C12H22O2/c1-4-14-8-12(13)11-6-5-9(2)10(3)7-11/h9-11H,4-8H2,1-3H3. The van der Waals surface area contributed by atoms with Crippen molar-refractivity contribution in [1.82, 2.24) is 0 Å². The summed E-state index contributed by atoms with van der Waals surface area (Å²) in [7, 11) is 0. The molecule has 1 aliphatic rings. The number of ether oxygens (including phenoxy) is 1. The minimum absolute atomic E-state index is 0.271. The summed E-state index contributed by atoms with van der Waals surface area (Å²) in [5.41, 5.74) is 0. The van der Waals surface area contributed by atoms with Crippen molar-refractivity contribution in [2.75, 3.05) is 13.2 Å². The molecule has 1 fully saturated rings. The van der Waals surface area contributed by atoms with Crippen molar-refractivity contribution in [2.45, 2.75) is 40.0 Å². The summed E-state index contributed by atoms with van der Waals surface area (Å²) >= 11 is 0. The van der Waals surface area contributed by atoms with E-state index in [1.165, 1.54) is 6.42 Å². The Morgan fingerprint density at radius 2 is 2.00 bits per heavy atom. The number of hydrogen-bond acceptors (Lipinski definition) is 2. The van der Waals surface area contributed by atoms with E-state index in [9.17, 15) is 4.79 Å². The summed E-state index contributed by atoms with van der Waals surface area (Å²) in [6, 6.07) is 0. The Morgan fingerprint density at radius 1 is 1.29 bits per heavy atom. The third kappa shape index (κ3) is 3.09. The molecule has 0 spiro atoms. The highest BCUT2D eigenvalue weighted by Crippen LogP contribution is 2.33. The van der Waals surface area contributed by atoms with Crippen LogP contribution in [-0.2, 0) is 9.53 Å². The largest absolute Gasteiger partial charge is 0.374 e. The smallest absolute Gasteiger partial charge is 0.161 e. The van der Waals surface area contributed by atoms with Gasteiger partial charge >= 0.3 is 0 Å². The van der Waals surface area contributed by atoms with Gasteiger partial charge in [-0.25, -0.2) is 0 Å². The molecule has 0 N–H and O–H groups in total. The van der Waals surface area contributed by atoms with Crippen LogP contribution >= 0.6 is 0 Å². The van der Waals surface area contributed by atoms with Gasteiger partial charge in [0.1, 0.15) is 6.61 Å². The molecule has 0 heterocycles. The molecule has 0 amide bonds. The summed E-state index contributed by atoms with van der Waals surface area (Å²) < 4.78 is 5.16. The lowest BCUT2D eigenvalue weighted by molar-refractivity contribution is -0.129. The zero-order valence-electron chi connectivity index (χ0n) is 9.58. The van der Waals surface area contributed by atoms with E-state index in [2.05, 4.69) is 13.8 Å². The molecule has 14 heavy (non-hydrogen) atoms. The van der Waals surface area contributed by atoms with E-state index in [0.717, 1.165) is 18.8 Å². The SMILES string of the molecule is CCOCC(=O)C1CCC(C)C(C)C1. The molecule has 0 aromatic heterocycles. The van der Waals surface area contributed by atoms with Gasteiger partial charge in [-0.15, -0.1) is 0 Å². The molecular weight excluding hydrogens is 176 g/mol. The summed E-state index contributed by atoms with van der Waals surface area (Å²) in [4.78, 5) is 11.7. The number of carbonyl (C=O) groups excluding carboxylic acids is 1. The minimum Gasteiger partial charge on any atom is -0.374 e. The van der Waals surface area contributed by atoms with Gasteiger partial charge in [-0.1, -0.05) is 13.8 Å². The first-order valence-corrected chi connectivity index (χ1v) is 5.75. The number of ketones is 1. The second-order valence-electron chi connectivity index (χ2n) is 4.57. The third-order valence-corrected chi connectivity index (χ3v) is 3.50. The van der Waals surface area contributed by atoms with Crippen LogP contribution in [0.5, 0.6) is 0 Å². The van der Waals surface area contributed by atoms with Crippen molar-refractivity contribution in [3.05, 3.63) is 0 Å². The Hall–Kier alpha value is -0.370. The number of Topliss-reactive ketones (excluding diaryl/α,β-unsaturated/α-hetero) is 1. The van der Waals surface area contributed by atoms with Gasteiger partial charge in [0.2, 0.25) is 0 Å². The second-order valence-corrected chi connectivity index (χ2v) is 4.57. The highest BCUT2D eigenvalue weighted by Gasteiger charge is 2.28. The lowest BCUT2D eigenvalue weighted by Gasteiger charge is -2.31. The monoisotopic (exact) mass is 198 g/mol. The van der Waals surface area contributed by atoms with E-state index in [4.69, 9.17) is 4.74 Å². The average Bonchev–Trinajstić information content (AvgIpc) is 2.18. The molecule has 3 unspecified atom stereocenters. The highest BCUT2D eigenvalue weighted by molar-refractivity contribution is 5.82. The van der Waals surface area contributed by atoms with Crippen molar-refractivity contribution in [1.29, 1.82) is 0 Å².